The van der Waals surface area contributed by atoms with Crippen molar-refractivity contribution in [2.45, 2.75) is 36.2 Å². The summed E-state index contributed by atoms with van der Waals surface area (Å²) < 4.78 is 7.10. The molecule has 0 unspecified atom stereocenters. The van der Waals surface area contributed by atoms with E-state index in [0.29, 0.717) is 19.2 Å². The topological polar surface area (TPSA) is 81.9 Å². The average Bonchev–Trinajstić information content (AvgIpc) is 3.36. The molecule has 2 aromatic heterocycles. The second-order valence-electron chi connectivity index (χ2n) is 5.69. The molecule has 0 aromatic carbocycles. The van der Waals surface area contributed by atoms with Crippen molar-refractivity contribution in [2.24, 2.45) is 0 Å². The van der Waals surface area contributed by atoms with Gasteiger partial charge < -0.3 is 10.1 Å². The third-order valence-corrected chi connectivity index (χ3v) is 4.83. The fraction of sp³-hybridized carbons (Fsp3) is 0.500. The molecule has 0 radical (unpaired) electrons. The van der Waals surface area contributed by atoms with Crippen LogP contribution in [0.4, 0.5) is 0 Å². The Morgan fingerprint density at radius 3 is 2.83 bits per heavy atom. The Kier molecular flexibility index (Phi) is 5.47. The van der Waals surface area contributed by atoms with Gasteiger partial charge in [0, 0.05) is 37.7 Å². The van der Waals surface area contributed by atoms with Crippen molar-refractivity contribution in [3.63, 3.8) is 0 Å². The minimum absolute atomic E-state index is 0.0205. The third kappa shape index (κ3) is 3.93. The standard InChI is InChI=1S/C16H21N5O2S/c1-11(15(22)18-9-10-23-2)24-16-20-19-14(21(16)13-3-4-13)12-5-7-17-8-6-12/h5-8,11,13H,3-4,9-10H2,1-2H3,(H,18,22)/t11-/m0/s1. The van der Waals surface area contributed by atoms with Crippen LogP contribution in [0.25, 0.3) is 11.4 Å². The van der Waals surface area contributed by atoms with Gasteiger partial charge in [-0.2, -0.15) is 0 Å². The molecular weight excluding hydrogens is 326 g/mol. The zero-order chi connectivity index (χ0) is 16.9. The zero-order valence-electron chi connectivity index (χ0n) is 13.8. The van der Waals surface area contributed by atoms with Crippen LogP contribution in [0, 0.1) is 0 Å². The van der Waals surface area contributed by atoms with E-state index >= 15 is 0 Å². The highest BCUT2D eigenvalue weighted by Crippen LogP contribution is 2.41. The van der Waals surface area contributed by atoms with Crippen LogP contribution >= 0.6 is 11.8 Å². The van der Waals surface area contributed by atoms with E-state index < -0.39 is 0 Å². The van der Waals surface area contributed by atoms with E-state index in [1.54, 1.807) is 19.5 Å². The minimum atomic E-state index is -0.242. The highest BCUT2D eigenvalue weighted by Gasteiger charge is 2.31. The normalized spacial score (nSPS) is 15.2. The molecule has 7 nitrogen and oxygen atoms in total. The Morgan fingerprint density at radius 2 is 2.17 bits per heavy atom. The number of hydrogen-bond acceptors (Lipinski definition) is 6. The number of nitrogens with one attached hydrogen (secondary N) is 1. The second kappa shape index (κ2) is 7.76. The zero-order valence-corrected chi connectivity index (χ0v) is 14.6. The number of aromatic nitrogens is 4. The van der Waals surface area contributed by atoms with Crippen LogP contribution in [-0.4, -0.2) is 51.2 Å². The molecule has 1 aliphatic carbocycles. The summed E-state index contributed by atoms with van der Waals surface area (Å²) >= 11 is 1.44. The van der Waals surface area contributed by atoms with E-state index in [1.807, 2.05) is 19.1 Å². The first-order valence-electron chi connectivity index (χ1n) is 7.99. The largest absolute Gasteiger partial charge is 0.383 e. The summed E-state index contributed by atoms with van der Waals surface area (Å²) in [5.74, 6) is 0.822. The van der Waals surface area contributed by atoms with E-state index in [4.69, 9.17) is 4.74 Å². The predicted octanol–water partition coefficient (Wildman–Crippen LogP) is 1.92. The molecule has 1 fully saturated rings. The Hall–Kier alpha value is -1.93. The number of carbonyl (C=O) groups excluding carboxylic acids is 1. The number of thioether (sulfide) groups is 1. The number of pyridine rings is 1. The first-order valence-corrected chi connectivity index (χ1v) is 8.87. The van der Waals surface area contributed by atoms with Crippen molar-refractivity contribution < 1.29 is 9.53 Å². The SMILES string of the molecule is COCCNC(=O)[C@H](C)Sc1nnc(-c2ccncc2)n1C1CC1. The van der Waals surface area contributed by atoms with E-state index in [0.717, 1.165) is 29.4 Å². The number of carbonyl (C=O) groups is 1. The molecule has 1 atom stereocenters. The summed E-state index contributed by atoms with van der Waals surface area (Å²) in [5, 5.41) is 12.1. The highest BCUT2D eigenvalue weighted by atomic mass is 32.2. The molecule has 1 saturated carbocycles. The van der Waals surface area contributed by atoms with Gasteiger partial charge in [0.05, 0.1) is 11.9 Å². The van der Waals surface area contributed by atoms with Gasteiger partial charge >= 0.3 is 0 Å². The van der Waals surface area contributed by atoms with Crippen LogP contribution < -0.4 is 5.32 Å². The third-order valence-electron chi connectivity index (χ3n) is 3.77. The first kappa shape index (κ1) is 16.9. The van der Waals surface area contributed by atoms with Crippen LogP contribution in [0.2, 0.25) is 0 Å². The Balaban J connectivity index is 1.74. The van der Waals surface area contributed by atoms with Crippen LogP contribution in [0.3, 0.4) is 0 Å². The number of amides is 1. The summed E-state index contributed by atoms with van der Waals surface area (Å²) in [4.78, 5) is 16.2. The summed E-state index contributed by atoms with van der Waals surface area (Å²) in [5.41, 5.74) is 0.994. The van der Waals surface area contributed by atoms with Crippen molar-refractivity contribution in [1.29, 1.82) is 0 Å². The summed E-state index contributed by atoms with van der Waals surface area (Å²) in [6.07, 6.45) is 5.75. The highest BCUT2D eigenvalue weighted by molar-refractivity contribution is 8.00. The van der Waals surface area contributed by atoms with Gasteiger partial charge in [-0.05, 0) is 31.9 Å². The molecule has 0 spiro atoms. The van der Waals surface area contributed by atoms with Gasteiger partial charge in [-0.3, -0.25) is 14.3 Å². The molecule has 8 heteroatoms. The quantitative estimate of drug-likeness (QED) is 0.580. The molecular formula is C16H21N5O2S. The van der Waals surface area contributed by atoms with Gasteiger partial charge in [-0.1, -0.05) is 11.8 Å². The molecule has 2 aromatic rings. The molecule has 0 saturated heterocycles. The predicted molar refractivity (Wildman–Crippen MR) is 91.7 cm³/mol. The summed E-state index contributed by atoms with van der Waals surface area (Å²) in [6.45, 7) is 2.90. The van der Waals surface area contributed by atoms with Gasteiger partial charge in [0.1, 0.15) is 0 Å². The van der Waals surface area contributed by atoms with Gasteiger partial charge in [0.25, 0.3) is 0 Å². The Labute approximate surface area is 145 Å². The number of ether oxygens (including phenoxy) is 1. The van der Waals surface area contributed by atoms with Gasteiger partial charge in [0.2, 0.25) is 5.91 Å². The summed E-state index contributed by atoms with van der Waals surface area (Å²) in [6, 6.07) is 4.28. The fourth-order valence-corrected chi connectivity index (χ4v) is 3.29. The molecule has 2 heterocycles. The lowest BCUT2D eigenvalue weighted by atomic mass is 10.2. The average molecular weight is 347 g/mol. The van der Waals surface area contributed by atoms with Gasteiger partial charge in [-0.25, -0.2) is 0 Å². The first-order chi connectivity index (χ1) is 11.7. The lowest BCUT2D eigenvalue weighted by Crippen LogP contribution is -2.33. The smallest absolute Gasteiger partial charge is 0.233 e. The number of hydrogen-bond donors (Lipinski definition) is 1. The Bertz CT molecular complexity index is 687. The molecule has 0 aliphatic heterocycles. The fourth-order valence-electron chi connectivity index (χ4n) is 2.35. The molecule has 1 N–H and O–H groups in total. The van der Waals surface area contributed by atoms with E-state index in [2.05, 4.69) is 25.1 Å². The second-order valence-corrected chi connectivity index (χ2v) is 7.00. The van der Waals surface area contributed by atoms with Gasteiger partial charge in [-0.15, -0.1) is 10.2 Å². The van der Waals surface area contributed by atoms with Gasteiger partial charge in [0.15, 0.2) is 11.0 Å². The molecule has 128 valence electrons. The number of rotatable bonds is 8. The molecule has 3 rings (SSSR count). The molecule has 0 bridgehead atoms. The molecule has 1 amide bonds. The van der Waals surface area contributed by atoms with E-state index in [9.17, 15) is 4.79 Å². The van der Waals surface area contributed by atoms with E-state index in [1.165, 1.54) is 11.8 Å². The van der Waals surface area contributed by atoms with Crippen molar-refractivity contribution in [1.82, 2.24) is 25.1 Å². The molecule has 24 heavy (non-hydrogen) atoms. The van der Waals surface area contributed by atoms with Crippen LogP contribution in [0.5, 0.6) is 0 Å². The van der Waals surface area contributed by atoms with Crippen LogP contribution in [-0.2, 0) is 9.53 Å². The Morgan fingerprint density at radius 1 is 1.42 bits per heavy atom. The van der Waals surface area contributed by atoms with Crippen LogP contribution in [0.15, 0.2) is 29.7 Å². The minimum Gasteiger partial charge on any atom is -0.383 e. The monoisotopic (exact) mass is 347 g/mol. The lowest BCUT2D eigenvalue weighted by Gasteiger charge is -2.13. The van der Waals surface area contributed by atoms with Crippen molar-refractivity contribution in [3.8, 4) is 11.4 Å². The number of methoxy groups -OCH3 is 1. The molecule has 1 aliphatic rings. The van der Waals surface area contributed by atoms with Crippen molar-refractivity contribution >= 4 is 17.7 Å². The number of nitrogens with zero attached hydrogens (tertiary/aromatic N) is 4. The van der Waals surface area contributed by atoms with Crippen molar-refractivity contribution in [2.75, 3.05) is 20.3 Å². The van der Waals surface area contributed by atoms with Crippen LogP contribution in [0.1, 0.15) is 25.8 Å². The maximum Gasteiger partial charge on any atom is 0.233 e. The summed E-state index contributed by atoms with van der Waals surface area (Å²) in [7, 11) is 1.61. The lowest BCUT2D eigenvalue weighted by molar-refractivity contribution is -0.120. The van der Waals surface area contributed by atoms with E-state index in [-0.39, 0.29) is 11.2 Å². The maximum absolute atomic E-state index is 12.1. The van der Waals surface area contributed by atoms with Crippen molar-refractivity contribution in [3.05, 3.63) is 24.5 Å². The maximum atomic E-state index is 12.1.